The van der Waals surface area contributed by atoms with Gasteiger partial charge >= 0.3 is 0 Å². The Labute approximate surface area is 109 Å². The van der Waals surface area contributed by atoms with Gasteiger partial charge < -0.3 is 19.9 Å². The highest BCUT2D eigenvalue weighted by molar-refractivity contribution is 5.36. The van der Waals surface area contributed by atoms with Crippen LogP contribution in [0.4, 0.5) is 0 Å². The molecule has 1 rings (SSSR count). The smallest absolute Gasteiger partial charge is 0.124 e. The van der Waals surface area contributed by atoms with E-state index in [1.807, 2.05) is 32.0 Å². The van der Waals surface area contributed by atoms with Crippen LogP contribution in [0.2, 0.25) is 0 Å². The van der Waals surface area contributed by atoms with E-state index in [-0.39, 0.29) is 6.10 Å². The summed E-state index contributed by atoms with van der Waals surface area (Å²) < 4.78 is 16.3. The number of rotatable bonds is 8. The van der Waals surface area contributed by atoms with Crippen molar-refractivity contribution in [1.82, 2.24) is 0 Å². The van der Waals surface area contributed by atoms with E-state index < -0.39 is 0 Å². The molecule has 102 valence electrons. The SMILES string of the molecule is COc1ccc(CN)cc1COCCOC(C)C. The minimum Gasteiger partial charge on any atom is -0.496 e. The lowest BCUT2D eigenvalue weighted by molar-refractivity contribution is 0.0139. The molecule has 0 spiro atoms. The average molecular weight is 253 g/mol. The lowest BCUT2D eigenvalue weighted by Gasteiger charge is -2.11. The largest absolute Gasteiger partial charge is 0.496 e. The molecule has 0 saturated carbocycles. The number of ether oxygens (including phenoxy) is 3. The Balaban J connectivity index is 2.44. The Kier molecular flexibility index (Phi) is 6.72. The maximum atomic E-state index is 5.62. The summed E-state index contributed by atoms with van der Waals surface area (Å²) in [6, 6.07) is 5.90. The van der Waals surface area contributed by atoms with Crippen molar-refractivity contribution in [2.75, 3.05) is 20.3 Å². The fourth-order valence-electron chi connectivity index (χ4n) is 1.60. The second kappa shape index (κ2) is 8.08. The molecule has 1 aromatic rings. The van der Waals surface area contributed by atoms with Gasteiger partial charge in [0.1, 0.15) is 5.75 Å². The van der Waals surface area contributed by atoms with Crippen molar-refractivity contribution >= 4 is 0 Å². The average Bonchev–Trinajstić information content (AvgIpc) is 2.37. The third kappa shape index (κ3) is 5.04. The van der Waals surface area contributed by atoms with Crippen molar-refractivity contribution < 1.29 is 14.2 Å². The van der Waals surface area contributed by atoms with Crippen molar-refractivity contribution in [3.8, 4) is 5.75 Å². The fourth-order valence-corrected chi connectivity index (χ4v) is 1.60. The molecule has 0 amide bonds. The third-order valence-corrected chi connectivity index (χ3v) is 2.52. The van der Waals surface area contributed by atoms with E-state index >= 15 is 0 Å². The minimum absolute atomic E-state index is 0.240. The highest BCUT2D eigenvalue weighted by Crippen LogP contribution is 2.20. The molecule has 18 heavy (non-hydrogen) atoms. The topological polar surface area (TPSA) is 53.7 Å². The molecule has 1 aromatic carbocycles. The third-order valence-electron chi connectivity index (χ3n) is 2.52. The van der Waals surface area contributed by atoms with Crippen LogP contribution in [0.15, 0.2) is 18.2 Å². The predicted molar refractivity (Wildman–Crippen MR) is 71.6 cm³/mol. The summed E-state index contributed by atoms with van der Waals surface area (Å²) in [6.45, 7) is 6.23. The van der Waals surface area contributed by atoms with Gasteiger partial charge in [-0.15, -0.1) is 0 Å². The first-order valence-corrected chi connectivity index (χ1v) is 6.22. The van der Waals surface area contributed by atoms with Crippen molar-refractivity contribution in [3.63, 3.8) is 0 Å². The molecule has 4 nitrogen and oxygen atoms in total. The van der Waals surface area contributed by atoms with Gasteiger partial charge in [0.2, 0.25) is 0 Å². The molecule has 2 N–H and O–H groups in total. The lowest BCUT2D eigenvalue weighted by atomic mass is 10.1. The number of hydrogen-bond acceptors (Lipinski definition) is 4. The summed E-state index contributed by atoms with van der Waals surface area (Å²) in [4.78, 5) is 0. The summed E-state index contributed by atoms with van der Waals surface area (Å²) >= 11 is 0. The summed E-state index contributed by atoms with van der Waals surface area (Å²) in [7, 11) is 1.66. The van der Waals surface area contributed by atoms with Gasteiger partial charge in [0.15, 0.2) is 0 Å². The lowest BCUT2D eigenvalue weighted by Crippen LogP contribution is -2.10. The zero-order valence-electron chi connectivity index (χ0n) is 11.4. The van der Waals surface area contributed by atoms with Gasteiger partial charge in [-0.05, 0) is 31.5 Å². The van der Waals surface area contributed by atoms with Gasteiger partial charge in [0, 0.05) is 12.1 Å². The molecule has 0 heterocycles. The van der Waals surface area contributed by atoms with Crippen LogP contribution in [0.3, 0.4) is 0 Å². The Morgan fingerprint density at radius 1 is 1.22 bits per heavy atom. The first-order chi connectivity index (χ1) is 8.67. The van der Waals surface area contributed by atoms with Crippen molar-refractivity contribution in [2.45, 2.75) is 33.1 Å². The monoisotopic (exact) mass is 253 g/mol. The summed E-state index contributed by atoms with van der Waals surface area (Å²) in [5.41, 5.74) is 7.71. The van der Waals surface area contributed by atoms with Gasteiger partial charge in [0.05, 0.1) is 33.0 Å². The normalized spacial score (nSPS) is 10.9. The van der Waals surface area contributed by atoms with E-state index in [1.54, 1.807) is 7.11 Å². The zero-order valence-corrected chi connectivity index (χ0v) is 11.4. The maximum absolute atomic E-state index is 5.62. The van der Waals surface area contributed by atoms with Crippen LogP contribution in [-0.4, -0.2) is 26.4 Å². The summed E-state index contributed by atoms with van der Waals surface area (Å²) in [6.07, 6.45) is 0.240. The molecule has 0 atom stereocenters. The van der Waals surface area contributed by atoms with Crippen molar-refractivity contribution in [1.29, 1.82) is 0 Å². The fraction of sp³-hybridized carbons (Fsp3) is 0.571. The number of hydrogen-bond donors (Lipinski definition) is 1. The molecule has 0 fully saturated rings. The standard InChI is InChI=1S/C14H23NO3/c1-11(2)18-7-6-17-10-13-8-12(9-15)4-5-14(13)16-3/h4-5,8,11H,6-7,9-10,15H2,1-3H3. The quantitative estimate of drug-likeness (QED) is 0.721. The van der Waals surface area contributed by atoms with Gasteiger partial charge in [-0.1, -0.05) is 6.07 Å². The van der Waals surface area contributed by atoms with E-state index in [9.17, 15) is 0 Å². The second-order valence-corrected chi connectivity index (χ2v) is 4.32. The predicted octanol–water partition coefficient (Wildman–Crippen LogP) is 2.10. The highest BCUT2D eigenvalue weighted by atomic mass is 16.5. The van der Waals surface area contributed by atoms with Crippen molar-refractivity contribution in [3.05, 3.63) is 29.3 Å². The van der Waals surface area contributed by atoms with Crippen LogP contribution < -0.4 is 10.5 Å². The molecular weight excluding hydrogens is 230 g/mol. The van der Waals surface area contributed by atoms with E-state index in [0.29, 0.717) is 26.4 Å². The molecule has 0 saturated heterocycles. The Bertz CT molecular complexity index is 353. The van der Waals surface area contributed by atoms with Crippen LogP contribution in [0.5, 0.6) is 5.75 Å². The molecule has 0 bridgehead atoms. The van der Waals surface area contributed by atoms with Gasteiger partial charge in [-0.3, -0.25) is 0 Å². The number of methoxy groups -OCH3 is 1. The van der Waals surface area contributed by atoms with Crippen molar-refractivity contribution in [2.24, 2.45) is 5.73 Å². The van der Waals surface area contributed by atoms with E-state index in [0.717, 1.165) is 16.9 Å². The van der Waals surface area contributed by atoms with E-state index in [1.165, 1.54) is 0 Å². The Hall–Kier alpha value is -1.10. The maximum Gasteiger partial charge on any atom is 0.124 e. The summed E-state index contributed by atoms with van der Waals surface area (Å²) in [5.74, 6) is 0.831. The molecule has 0 radical (unpaired) electrons. The number of nitrogens with two attached hydrogens (primary N) is 1. The second-order valence-electron chi connectivity index (χ2n) is 4.32. The molecule has 0 aromatic heterocycles. The molecule has 0 unspecified atom stereocenters. The molecule has 0 aliphatic carbocycles. The van der Waals surface area contributed by atoms with Gasteiger partial charge in [-0.2, -0.15) is 0 Å². The van der Waals surface area contributed by atoms with Gasteiger partial charge in [0.25, 0.3) is 0 Å². The first-order valence-electron chi connectivity index (χ1n) is 6.22. The highest BCUT2D eigenvalue weighted by Gasteiger charge is 2.04. The first kappa shape index (κ1) is 15.0. The van der Waals surface area contributed by atoms with Crippen LogP contribution in [0, 0.1) is 0 Å². The molecule has 4 heteroatoms. The minimum atomic E-state index is 0.240. The molecule has 0 aliphatic rings. The zero-order chi connectivity index (χ0) is 13.4. The molecular formula is C14H23NO3. The Morgan fingerprint density at radius 2 is 2.00 bits per heavy atom. The summed E-state index contributed by atoms with van der Waals surface area (Å²) in [5, 5.41) is 0. The van der Waals surface area contributed by atoms with E-state index in [4.69, 9.17) is 19.9 Å². The van der Waals surface area contributed by atoms with Crippen LogP contribution in [-0.2, 0) is 22.6 Å². The van der Waals surface area contributed by atoms with Crippen LogP contribution in [0.25, 0.3) is 0 Å². The van der Waals surface area contributed by atoms with E-state index in [2.05, 4.69) is 0 Å². The van der Waals surface area contributed by atoms with Crippen LogP contribution >= 0.6 is 0 Å². The number of benzene rings is 1. The van der Waals surface area contributed by atoms with Crippen LogP contribution in [0.1, 0.15) is 25.0 Å². The molecule has 0 aliphatic heterocycles. The van der Waals surface area contributed by atoms with Gasteiger partial charge in [-0.25, -0.2) is 0 Å². The Morgan fingerprint density at radius 3 is 2.61 bits per heavy atom.